The van der Waals surface area contributed by atoms with Gasteiger partial charge in [0.2, 0.25) is 5.75 Å². The first-order valence-electron chi connectivity index (χ1n) is 5.40. The summed E-state index contributed by atoms with van der Waals surface area (Å²) in [5.41, 5.74) is -0.379. The fraction of sp³-hybridized carbons (Fsp3) is 0.636. The number of hydrogen-bond acceptors (Lipinski definition) is 4. The maximum absolute atomic E-state index is 11.5. The minimum atomic E-state index is -0.271. The summed E-state index contributed by atoms with van der Waals surface area (Å²) in [7, 11) is 1.46. The number of ether oxygens (including phenoxy) is 1. The Morgan fingerprint density at radius 3 is 2.81 bits per heavy atom. The second-order valence-corrected chi connectivity index (χ2v) is 4.37. The van der Waals surface area contributed by atoms with E-state index in [-0.39, 0.29) is 16.8 Å². The fourth-order valence-electron chi connectivity index (χ4n) is 1.67. The SMILES string of the molecule is CCCC(C)(C)Nc1nc[nH]c(=O)c1OC. The second kappa shape index (κ2) is 5.01. The Morgan fingerprint density at radius 2 is 2.25 bits per heavy atom. The zero-order valence-electron chi connectivity index (χ0n) is 10.3. The van der Waals surface area contributed by atoms with Crippen molar-refractivity contribution in [2.75, 3.05) is 12.4 Å². The van der Waals surface area contributed by atoms with Gasteiger partial charge < -0.3 is 15.0 Å². The molecule has 0 bridgehead atoms. The molecule has 0 unspecified atom stereocenters. The smallest absolute Gasteiger partial charge is 0.295 e. The average Bonchev–Trinajstić information content (AvgIpc) is 2.17. The number of anilines is 1. The number of rotatable bonds is 5. The van der Waals surface area contributed by atoms with E-state index in [0.717, 1.165) is 12.8 Å². The highest BCUT2D eigenvalue weighted by Crippen LogP contribution is 2.22. The quantitative estimate of drug-likeness (QED) is 0.801. The van der Waals surface area contributed by atoms with Gasteiger partial charge in [0.15, 0.2) is 5.82 Å². The highest BCUT2D eigenvalue weighted by atomic mass is 16.5. The van der Waals surface area contributed by atoms with E-state index in [1.165, 1.54) is 13.4 Å². The van der Waals surface area contributed by atoms with Crippen LogP contribution in [-0.2, 0) is 0 Å². The number of nitrogens with zero attached hydrogens (tertiary/aromatic N) is 1. The Bertz CT molecular complexity index is 398. The molecule has 0 aliphatic rings. The van der Waals surface area contributed by atoms with E-state index in [1.807, 2.05) is 0 Å². The topological polar surface area (TPSA) is 67.0 Å². The lowest BCUT2D eigenvalue weighted by molar-refractivity contribution is 0.404. The molecule has 0 amide bonds. The summed E-state index contributed by atoms with van der Waals surface area (Å²) in [4.78, 5) is 18.0. The molecule has 0 radical (unpaired) electrons. The van der Waals surface area contributed by atoms with Crippen molar-refractivity contribution in [3.63, 3.8) is 0 Å². The molecular formula is C11H19N3O2. The summed E-state index contributed by atoms with van der Waals surface area (Å²) in [6.45, 7) is 6.25. The molecule has 5 nitrogen and oxygen atoms in total. The van der Waals surface area contributed by atoms with Gasteiger partial charge in [0, 0.05) is 5.54 Å². The standard InChI is InChI=1S/C11H19N3O2/c1-5-6-11(2,3)14-9-8(16-4)10(15)13-7-12-9/h7H,5-6H2,1-4H3,(H2,12,13,14,15). The van der Waals surface area contributed by atoms with Gasteiger partial charge in [0.25, 0.3) is 5.56 Å². The molecule has 0 saturated heterocycles. The molecule has 0 aromatic carbocycles. The Balaban J connectivity index is 2.97. The molecule has 2 N–H and O–H groups in total. The second-order valence-electron chi connectivity index (χ2n) is 4.37. The van der Waals surface area contributed by atoms with Crippen molar-refractivity contribution in [1.29, 1.82) is 0 Å². The summed E-state index contributed by atoms with van der Waals surface area (Å²) in [5, 5.41) is 3.22. The summed E-state index contributed by atoms with van der Waals surface area (Å²) < 4.78 is 5.03. The number of H-pyrrole nitrogens is 1. The highest BCUT2D eigenvalue weighted by molar-refractivity contribution is 5.49. The van der Waals surface area contributed by atoms with Crippen molar-refractivity contribution in [2.24, 2.45) is 0 Å². The van der Waals surface area contributed by atoms with Crippen molar-refractivity contribution in [1.82, 2.24) is 9.97 Å². The highest BCUT2D eigenvalue weighted by Gasteiger charge is 2.19. The third-order valence-electron chi connectivity index (χ3n) is 2.35. The first-order chi connectivity index (χ1) is 7.50. The Kier molecular flexibility index (Phi) is 3.93. The number of aromatic nitrogens is 2. The molecule has 0 atom stereocenters. The monoisotopic (exact) mass is 225 g/mol. The van der Waals surface area contributed by atoms with Gasteiger partial charge in [-0.2, -0.15) is 0 Å². The van der Waals surface area contributed by atoms with Crippen LogP contribution < -0.4 is 15.6 Å². The molecule has 0 spiro atoms. The molecule has 0 fully saturated rings. The maximum atomic E-state index is 11.5. The van der Waals surface area contributed by atoms with Crippen molar-refractivity contribution in [3.05, 3.63) is 16.7 Å². The number of hydrogen-bond donors (Lipinski definition) is 2. The van der Waals surface area contributed by atoms with Crippen LogP contribution in [0.1, 0.15) is 33.6 Å². The van der Waals surface area contributed by atoms with Gasteiger partial charge in [-0.25, -0.2) is 4.98 Å². The van der Waals surface area contributed by atoms with E-state index in [0.29, 0.717) is 5.82 Å². The molecule has 0 saturated carbocycles. The Morgan fingerprint density at radius 1 is 1.56 bits per heavy atom. The van der Waals surface area contributed by atoms with Gasteiger partial charge in [-0.05, 0) is 20.3 Å². The van der Waals surface area contributed by atoms with Crippen LogP contribution in [0.15, 0.2) is 11.1 Å². The predicted octanol–water partition coefficient (Wildman–Crippen LogP) is 1.77. The molecule has 1 aromatic heterocycles. The van der Waals surface area contributed by atoms with E-state index in [9.17, 15) is 4.79 Å². The van der Waals surface area contributed by atoms with Crippen molar-refractivity contribution >= 4 is 5.82 Å². The van der Waals surface area contributed by atoms with Gasteiger partial charge in [0.05, 0.1) is 13.4 Å². The number of methoxy groups -OCH3 is 1. The molecule has 0 aliphatic heterocycles. The molecular weight excluding hydrogens is 206 g/mol. The van der Waals surface area contributed by atoms with Crippen molar-refractivity contribution < 1.29 is 4.74 Å². The minimum absolute atomic E-state index is 0.108. The van der Waals surface area contributed by atoms with Crippen LogP contribution in [0, 0.1) is 0 Å². The Hall–Kier alpha value is -1.52. The molecule has 1 rings (SSSR count). The molecule has 0 aliphatic carbocycles. The van der Waals surface area contributed by atoms with Crippen LogP contribution in [0.2, 0.25) is 0 Å². The number of aromatic amines is 1. The van der Waals surface area contributed by atoms with Gasteiger partial charge >= 0.3 is 0 Å². The fourth-order valence-corrected chi connectivity index (χ4v) is 1.67. The first-order valence-corrected chi connectivity index (χ1v) is 5.40. The van der Waals surface area contributed by atoms with Crippen LogP contribution in [0.5, 0.6) is 5.75 Å². The summed E-state index contributed by atoms with van der Waals surface area (Å²) >= 11 is 0. The molecule has 90 valence electrons. The minimum Gasteiger partial charge on any atom is -0.489 e. The van der Waals surface area contributed by atoms with Crippen LogP contribution >= 0.6 is 0 Å². The van der Waals surface area contributed by atoms with Gasteiger partial charge in [-0.1, -0.05) is 13.3 Å². The van der Waals surface area contributed by atoms with Crippen LogP contribution in [0.4, 0.5) is 5.82 Å². The summed E-state index contributed by atoms with van der Waals surface area (Å²) in [5.74, 6) is 0.719. The zero-order valence-corrected chi connectivity index (χ0v) is 10.3. The van der Waals surface area contributed by atoms with Crippen LogP contribution in [0.3, 0.4) is 0 Å². The normalized spacial score (nSPS) is 11.2. The van der Waals surface area contributed by atoms with E-state index in [2.05, 4.69) is 36.1 Å². The van der Waals surface area contributed by atoms with Gasteiger partial charge in [-0.15, -0.1) is 0 Å². The Labute approximate surface area is 95.3 Å². The van der Waals surface area contributed by atoms with Gasteiger partial charge in [-0.3, -0.25) is 4.79 Å². The third-order valence-corrected chi connectivity index (χ3v) is 2.35. The molecule has 16 heavy (non-hydrogen) atoms. The molecule has 5 heteroatoms. The van der Waals surface area contributed by atoms with Crippen LogP contribution in [-0.4, -0.2) is 22.6 Å². The maximum Gasteiger partial charge on any atom is 0.295 e. The summed E-state index contributed by atoms with van der Waals surface area (Å²) in [6.07, 6.45) is 3.42. The first kappa shape index (κ1) is 12.5. The third kappa shape index (κ3) is 2.98. The van der Waals surface area contributed by atoms with E-state index in [4.69, 9.17) is 4.74 Å². The van der Waals surface area contributed by atoms with Crippen molar-refractivity contribution in [2.45, 2.75) is 39.2 Å². The predicted molar refractivity (Wildman–Crippen MR) is 64.0 cm³/mol. The average molecular weight is 225 g/mol. The lowest BCUT2D eigenvalue weighted by atomic mass is 9.99. The summed E-state index contributed by atoms with van der Waals surface area (Å²) in [6, 6.07) is 0. The largest absolute Gasteiger partial charge is 0.489 e. The van der Waals surface area contributed by atoms with Gasteiger partial charge in [0.1, 0.15) is 0 Å². The molecule has 1 aromatic rings. The van der Waals surface area contributed by atoms with E-state index in [1.54, 1.807) is 0 Å². The molecule has 1 heterocycles. The van der Waals surface area contributed by atoms with Crippen molar-refractivity contribution in [3.8, 4) is 5.75 Å². The van der Waals surface area contributed by atoms with Crippen LogP contribution in [0.25, 0.3) is 0 Å². The zero-order chi connectivity index (χ0) is 12.2. The van der Waals surface area contributed by atoms with E-state index < -0.39 is 0 Å². The number of nitrogens with one attached hydrogen (secondary N) is 2. The lowest BCUT2D eigenvalue weighted by Crippen LogP contribution is -2.32. The van der Waals surface area contributed by atoms with E-state index >= 15 is 0 Å². The lowest BCUT2D eigenvalue weighted by Gasteiger charge is -2.26.